The fourth-order valence-corrected chi connectivity index (χ4v) is 5.13. The van der Waals surface area contributed by atoms with E-state index in [2.05, 4.69) is 9.47 Å². The van der Waals surface area contributed by atoms with Crippen molar-refractivity contribution in [1.82, 2.24) is 0 Å². The minimum Gasteiger partial charge on any atom is -0.310 e. The monoisotopic (exact) mass is 635 g/mol. The average Bonchev–Trinajstić information content (AvgIpc) is 3.44. The molecule has 0 saturated heterocycles. The number of hydrogen-bond acceptors (Lipinski definition) is 3. The highest BCUT2D eigenvalue weighted by Crippen LogP contribution is 2.53. The van der Waals surface area contributed by atoms with E-state index < -0.39 is 124 Å². The molecule has 0 spiro atoms. The van der Waals surface area contributed by atoms with Crippen molar-refractivity contribution in [2.24, 2.45) is 0 Å². The summed E-state index contributed by atoms with van der Waals surface area (Å²) in [7, 11) is 0. The lowest BCUT2D eigenvalue weighted by Gasteiger charge is -2.27. The molecule has 3 nitrogen and oxygen atoms in total. The van der Waals surface area contributed by atoms with E-state index in [1.807, 2.05) is 0 Å². The number of rotatable bonds is 5. The van der Waals surface area contributed by atoms with Gasteiger partial charge in [-0.05, 0) is 88.9 Å². The fraction of sp³-hybridized carbons (Fsp3) is 0.118. The van der Waals surface area contributed by atoms with E-state index in [9.17, 15) is 35.1 Å². The second-order valence-corrected chi connectivity index (χ2v) is 9.84. The number of ether oxygens (including phenoxy) is 2. The molecule has 0 bridgehead atoms. The third-order valence-corrected chi connectivity index (χ3v) is 7.07. The SMILES string of the molecule is [2H]c1c([2H])c([2H])c(N(c2cc(-c3ccc4c(c3)C(F)(F)OC4(F)F)cc(-c3ccc4c(c3)C(F)(F)OC4(F)F)c2)c2c([2H])c([2H])c([2H])c([2H])c2[2H])c([2H])c1[2H]. The number of anilines is 3. The van der Waals surface area contributed by atoms with E-state index in [-0.39, 0.29) is 22.3 Å². The van der Waals surface area contributed by atoms with Gasteiger partial charge in [0.2, 0.25) is 0 Å². The Bertz CT molecular complexity index is 2280. The van der Waals surface area contributed by atoms with Crippen molar-refractivity contribution in [3.63, 3.8) is 0 Å². The molecule has 228 valence electrons. The van der Waals surface area contributed by atoms with Crippen LogP contribution in [0.1, 0.15) is 36.0 Å². The predicted octanol–water partition coefficient (Wildman–Crippen LogP) is 10.7. The van der Waals surface area contributed by atoms with Gasteiger partial charge in [-0.2, -0.15) is 35.1 Å². The van der Waals surface area contributed by atoms with Gasteiger partial charge in [0.05, 0.1) is 36.0 Å². The molecule has 5 aromatic rings. The highest BCUT2D eigenvalue weighted by molar-refractivity contribution is 5.85. The Kier molecular flexibility index (Phi) is 4.31. The summed E-state index contributed by atoms with van der Waals surface area (Å²) in [6.45, 7) is 0. The second kappa shape index (κ2) is 9.88. The number of para-hydroxylation sites is 2. The molecule has 0 fully saturated rings. The lowest BCUT2D eigenvalue weighted by molar-refractivity contribution is -0.370. The zero-order valence-electron chi connectivity index (χ0n) is 32.0. The summed E-state index contributed by atoms with van der Waals surface area (Å²) in [6.07, 6.45) is -17.9. The van der Waals surface area contributed by atoms with Crippen LogP contribution >= 0.6 is 0 Å². The first kappa shape index (κ1) is 19.6. The third kappa shape index (κ3) is 4.92. The number of halogens is 8. The van der Waals surface area contributed by atoms with Crippen molar-refractivity contribution in [3.8, 4) is 22.3 Å². The molecule has 11 heteroatoms. The lowest BCUT2D eigenvalue weighted by Crippen LogP contribution is -2.17. The third-order valence-electron chi connectivity index (χ3n) is 7.07. The maximum Gasteiger partial charge on any atom is 0.388 e. The first-order valence-electron chi connectivity index (χ1n) is 17.7. The van der Waals surface area contributed by atoms with Crippen LogP contribution in [0.15, 0.2) is 115 Å². The van der Waals surface area contributed by atoms with Gasteiger partial charge < -0.3 is 4.90 Å². The van der Waals surface area contributed by atoms with Crippen LogP contribution in [0.25, 0.3) is 22.3 Å². The van der Waals surface area contributed by atoms with E-state index >= 15 is 0 Å². The molecule has 0 saturated carbocycles. The van der Waals surface area contributed by atoms with E-state index in [0.717, 1.165) is 30.3 Å². The second-order valence-electron chi connectivity index (χ2n) is 9.84. The Morgan fingerprint density at radius 3 is 1.20 bits per heavy atom. The van der Waals surface area contributed by atoms with Crippen molar-refractivity contribution in [1.29, 1.82) is 0 Å². The molecule has 0 atom stereocenters. The quantitative estimate of drug-likeness (QED) is 0.179. The number of alkyl halides is 8. The normalized spacial score (nSPS) is 21.4. The largest absolute Gasteiger partial charge is 0.388 e. The summed E-state index contributed by atoms with van der Waals surface area (Å²) in [5.74, 6) is 0. The fourth-order valence-electron chi connectivity index (χ4n) is 5.13. The molecule has 2 aliphatic heterocycles. The summed E-state index contributed by atoms with van der Waals surface area (Å²) >= 11 is 0. The minimum absolute atomic E-state index is 0.236. The van der Waals surface area contributed by atoms with Crippen molar-refractivity contribution in [2.45, 2.75) is 24.4 Å². The maximum atomic E-state index is 14.7. The summed E-state index contributed by atoms with van der Waals surface area (Å²) in [4.78, 5) is 0.672. The molecule has 45 heavy (non-hydrogen) atoms. The topological polar surface area (TPSA) is 21.7 Å². The molecular formula is C34H19F8NO2. The van der Waals surface area contributed by atoms with Crippen molar-refractivity contribution >= 4 is 17.1 Å². The first-order valence-corrected chi connectivity index (χ1v) is 12.7. The molecule has 0 aliphatic carbocycles. The van der Waals surface area contributed by atoms with Crippen molar-refractivity contribution in [3.05, 3.63) is 137 Å². The van der Waals surface area contributed by atoms with Crippen LogP contribution < -0.4 is 4.90 Å². The maximum absolute atomic E-state index is 14.7. The van der Waals surface area contributed by atoms with Crippen molar-refractivity contribution in [2.75, 3.05) is 4.90 Å². The summed E-state index contributed by atoms with van der Waals surface area (Å²) in [5, 5.41) is 0. The van der Waals surface area contributed by atoms with E-state index in [0.29, 0.717) is 29.2 Å². The van der Waals surface area contributed by atoms with Gasteiger partial charge in [0.1, 0.15) is 0 Å². The first-order chi connectivity index (χ1) is 25.4. The molecule has 0 N–H and O–H groups in total. The van der Waals surface area contributed by atoms with Gasteiger partial charge >= 0.3 is 24.4 Å². The molecule has 0 amide bonds. The summed E-state index contributed by atoms with van der Waals surface area (Å²) in [5.41, 5.74) is -8.02. The minimum atomic E-state index is -4.52. The van der Waals surface area contributed by atoms with E-state index in [4.69, 9.17) is 13.7 Å². The molecule has 0 aromatic heterocycles. The number of nitrogens with zero attached hydrogens (tertiary/aromatic N) is 1. The Morgan fingerprint density at radius 1 is 0.422 bits per heavy atom. The van der Waals surface area contributed by atoms with Gasteiger partial charge in [0.25, 0.3) is 0 Å². The Morgan fingerprint density at radius 2 is 0.800 bits per heavy atom. The summed E-state index contributed by atoms with van der Waals surface area (Å²) in [6, 6.07) is -1.75. The summed E-state index contributed by atoms with van der Waals surface area (Å²) < 4.78 is 208. The van der Waals surface area contributed by atoms with Crippen LogP contribution in [0.3, 0.4) is 0 Å². The average molecular weight is 636 g/mol. The van der Waals surface area contributed by atoms with Crippen LogP contribution in [0.5, 0.6) is 0 Å². The predicted molar refractivity (Wildman–Crippen MR) is 150 cm³/mol. The molecule has 7 rings (SSSR count). The molecule has 0 radical (unpaired) electrons. The van der Waals surface area contributed by atoms with Crippen LogP contribution in [-0.4, -0.2) is 0 Å². The molecule has 5 aromatic carbocycles. The highest BCUT2D eigenvalue weighted by Gasteiger charge is 2.58. The smallest absolute Gasteiger partial charge is 0.310 e. The van der Waals surface area contributed by atoms with Gasteiger partial charge in [-0.25, -0.2) is 9.47 Å². The highest BCUT2D eigenvalue weighted by atomic mass is 19.3. The van der Waals surface area contributed by atoms with Crippen LogP contribution in [0, 0.1) is 0 Å². The number of hydrogen-bond donors (Lipinski definition) is 0. The van der Waals surface area contributed by atoms with Crippen LogP contribution in [0.2, 0.25) is 0 Å². The van der Waals surface area contributed by atoms with E-state index in [1.165, 1.54) is 0 Å². The molecular weight excluding hydrogens is 606 g/mol. The van der Waals surface area contributed by atoms with Crippen LogP contribution in [0.4, 0.5) is 52.2 Å². The van der Waals surface area contributed by atoms with Gasteiger partial charge in [-0.1, -0.05) is 48.4 Å². The van der Waals surface area contributed by atoms with Gasteiger partial charge in [0, 0.05) is 17.1 Å². The van der Waals surface area contributed by atoms with Crippen molar-refractivity contribution < 1.29 is 58.3 Å². The zero-order chi connectivity index (χ0) is 40.5. The zero-order valence-corrected chi connectivity index (χ0v) is 22.0. The Labute approximate surface area is 264 Å². The molecule has 2 aliphatic rings. The van der Waals surface area contributed by atoms with E-state index in [1.54, 1.807) is 0 Å². The Balaban J connectivity index is 1.60. The van der Waals surface area contributed by atoms with Crippen LogP contribution in [-0.2, 0) is 33.9 Å². The van der Waals surface area contributed by atoms with Gasteiger partial charge in [-0.3, -0.25) is 0 Å². The molecule has 0 unspecified atom stereocenters. The molecule has 2 heterocycles. The standard InChI is InChI=1S/C34H19F8NO2/c35-31(36)27-13-11-20(18-29(27)33(39,40)44-31)22-15-23(21-12-14-28-30(19-21)34(41,42)45-32(28,37)38)17-26(16-22)43(24-7-3-1-4-8-24)25-9-5-2-6-10-25/h1-19H/i1D,2D,3D,4D,5D,6D,7D,8D,9D,10D. The van der Waals surface area contributed by atoms with Gasteiger partial charge in [-0.15, -0.1) is 0 Å². The Hall–Kier alpha value is -4.74. The number of fused-ring (bicyclic) bond motifs is 2. The van der Waals surface area contributed by atoms with Gasteiger partial charge in [0.15, 0.2) is 0 Å². The number of benzene rings is 5. The lowest BCUT2D eigenvalue weighted by atomic mass is 9.93.